The molecule has 2 amide bonds. The summed E-state index contributed by atoms with van der Waals surface area (Å²) in [5.74, 6) is -0.0999. The Labute approximate surface area is 46.3 Å². The largest absolute Gasteiger partial charge is 0.352 e. The summed E-state index contributed by atoms with van der Waals surface area (Å²) in [5, 5.41) is 4.82. The molecule has 4 nitrogen and oxygen atoms in total. The van der Waals surface area contributed by atoms with Crippen LogP contribution >= 0.6 is 0 Å². The van der Waals surface area contributed by atoms with Gasteiger partial charge in [-0.2, -0.15) is 0 Å². The van der Waals surface area contributed by atoms with Gasteiger partial charge in [-0.1, -0.05) is 0 Å². The number of nitrogens with one attached hydrogen (secondary N) is 2. The van der Waals surface area contributed by atoms with Gasteiger partial charge in [-0.3, -0.25) is 9.59 Å². The molecule has 4 heteroatoms. The van der Waals surface area contributed by atoms with Crippen molar-refractivity contribution in [2.45, 2.75) is 6.04 Å². The molecule has 0 unspecified atom stereocenters. The minimum Gasteiger partial charge on any atom is -0.352 e. The van der Waals surface area contributed by atoms with Gasteiger partial charge < -0.3 is 10.6 Å². The maximum Gasteiger partial charge on any atom is 0.244 e. The highest BCUT2D eigenvalue weighted by molar-refractivity contribution is 5.89. The number of carbonyl (C=O) groups excluding carboxylic acids is 2. The molecule has 0 aromatic carbocycles. The van der Waals surface area contributed by atoms with Crippen LogP contribution in [0.2, 0.25) is 0 Å². The molecular weight excluding hydrogens is 108 g/mol. The van der Waals surface area contributed by atoms with Crippen molar-refractivity contribution in [3.8, 4) is 0 Å². The molecule has 0 saturated carbocycles. The topological polar surface area (TPSA) is 58.2 Å². The molecule has 2 N–H and O–H groups in total. The van der Waals surface area contributed by atoms with Gasteiger partial charge in [0.05, 0.1) is 0 Å². The average Bonchev–Trinajstić information content (AvgIpc) is 1.79. The highest BCUT2D eigenvalue weighted by atomic mass is 16.2. The van der Waals surface area contributed by atoms with Crippen molar-refractivity contribution in [3.05, 3.63) is 0 Å². The Morgan fingerprint density at radius 1 is 1.88 bits per heavy atom. The molecule has 0 aromatic heterocycles. The van der Waals surface area contributed by atoms with Crippen LogP contribution in [0.4, 0.5) is 0 Å². The van der Waals surface area contributed by atoms with Crippen molar-refractivity contribution in [1.29, 1.82) is 0 Å². The monoisotopic (exact) mass is 114 g/mol. The lowest BCUT2D eigenvalue weighted by Gasteiger charge is -2.24. The second-order valence-corrected chi connectivity index (χ2v) is 1.58. The van der Waals surface area contributed by atoms with E-state index in [1.165, 1.54) is 0 Å². The highest BCUT2D eigenvalue weighted by Crippen LogP contribution is 1.89. The summed E-state index contributed by atoms with van der Waals surface area (Å²) < 4.78 is 0. The lowest BCUT2D eigenvalue weighted by molar-refractivity contribution is -0.130. The fraction of sp³-hybridized carbons (Fsp3) is 0.500. The molecule has 1 aliphatic rings. The Hall–Kier alpha value is -1.06. The molecule has 1 fully saturated rings. The van der Waals surface area contributed by atoms with Crippen molar-refractivity contribution < 1.29 is 9.59 Å². The Kier molecular flexibility index (Phi) is 1.15. The molecule has 1 atom stereocenters. The number of carbonyl (C=O) groups is 2. The van der Waals surface area contributed by atoms with E-state index in [2.05, 4.69) is 10.6 Å². The van der Waals surface area contributed by atoms with Gasteiger partial charge in [0.25, 0.3) is 0 Å². The SMILES string of the molecule is O=CN[C@H]1CNC1=O. The zero-order valence-electron chi connectivity index (χ0n) is 4.18. The normalized spacial score (nSPS) is 25.5. The predicted octanol–water partition coefficient (Wildman–Crippen LogP) is -1.77. The van der Waals surface area contributed by atoms with Gasteiger partial charge in [-0.05, 0) is 0 Å². The molecule has 1 aliphatic heterocycles. The van der Waals surface area contributed by atoms with Gasteiger partial charge in [0.1, 0.15) is 6.04 Å². The van der Waals surface area contributed by atoms with Crippen molar-refractivity contribution in [2.75, 3.05) is 6.54 Å². The van der Waals surface area contributed by atoms with E-state index in [9.17, 15) is 9.59 Å². The molecule has 44 valence electrons. The smallest absolute Gasteiger partial charge is 0.244 e. The Balaban J connectivity index is 2.26. The van der Waals surface area contributed by atoms with Crippen molar-refractivity contribution in [3.63, 3.8) is 0 Å². The summed E-state index contributed by atoms with van der Waals surface area (Å²) in [6.07, 6.45) is 0.531. The molecule has 1 heterocycles. The van der Waals surface area contributed by atoms with Crippen LogP contribution < -0.4 is 10.6 Å². The first-order valence-corrected chi connectivity index (χ1v) is 2.32. The average molecular weight is 114 g/mol. The molecule has 0 aromatic rings. The number of hydrogen-bond donors (Lipinski definition) is 2. The van der Waals surface area contributed by atoms with E-state index in [0.29, 0.717) is 13.0 Å². The lowest BCUT2D eigenvalue weighted by atomic mass is 10.2. The lowest BCUT2D eigenvalue weighted by Crippen LogP contribution is -2.60. The quantitative estimate of drug-likeness (QED) is 0.330. The van der Waals surface area contributed by atoms with Crippen molar-refractivity contribution >= 4 is 12.3 Å². The van der Waals surface area contributed by atoms with E-state index in [-0.39, 0.29) is 11.9 Å². The second-order valence-electron chi connectivity index (χ2n) is 1.58. The van der Waals surface area contributed by atoms with Crippen LogP contribution in [-0.4, -0.2) is 24.9 Å². The minimum atomic E-state index is -0.271. The van der Waals surface area contributed by atoms with Gasteiger partial charge in [-0.25, -0.2) is 0 Å². The molecule has 0 spiro atoms. The summed E-state index contributed by atoms with van der Waals surface area (Å²) in [4.78, 5) is 20.0. The fourth-order valence-corrected chi connectivity index (χ4v) is 0.504. The van der Waals surface area contributed by atoms with Crippen LogP contribution in [0.15, 0.2) is 0 Å². The number of rotatable bonds is 2. The maximum absolute atomic E-state index is 10.3. The van der Waals surface area contributed by atoms with Gasteiger partial charge in [0.2, 0.25) is 12.3 Å². The van der Waals surface area contributed by atoms with Gasteiger partial charge in [0.15, 0.2) is 0 Å². The first-order chi connectivity index (χ1) is 3.84. The Morgan fingerprint density at radius 2 is 2.62 bits per heavy atom. The zero-order chi connectivity index (χ0) is 5.98. The Morgan fingerprint density at radius 3 is 2.75 bits per heavy atom. The first-order valence-electron chi connectivity index (χ1n) is 2.32. The Bertz CT molecular complexity index is 123. The van der Waals surface area contributed by atoms with Crippen LogP contribution in [0.3, 0.4) is 0 Å². The molecule has 0 bridgehead atoms. The molecule has 0 radical (unpaired) electrons. The van der Waals surface area contributed by atoms with Crippen LogP contribution in [-0.2, 0) is 9.59 Å². The molecule has 8 heavy (non-hydrogen) atoms. The van der Waals surface area contributed by atoms with E-state index < -0.39 is 0 Å². The molecule has 0 aliphatic carbocycles. The molecule has 1 saturated heterocycles. The fourth-order valence-electron chi connectivity index (χ4n) is 0.504. The van der Waals surface area contributed by atoms with E-state index in [1.807, 2.05) is 0 Å². The molecular formula is C4H6N2O2. The van der Waals surface area contributed by atoms with Crippen LogP contribution in [0, 0.1) is 0 Å². The number of amides is 2. The maximum atomic E-state index is 10.3. The number of β-lactam (4-membered cyclic amide) rings is 1. The third-order valence-corrected chi connectivity index (χ3v) is 1.07. The van der Waals surface area contributed by atoms with E-state index >= 15 is 0 Å². The van der Waals surface area contributed by atoms with E-state index in [4.69, 9.17) is 0 Å². The number of hydrogen-bond acceptors (Lipinski definition) is 2. The molecule has 1 rings (SSSR count). The standard InChI is InChI=1S/C4H6N2O2/c7-2-6-3-1-5-4(3)8/h2-3H,1H2,(H,5,8)(H,6,7)/t3-/m0/s1. The minimum absolute atomic E-state index is 0.0999. The highest BCUT2D eigenvalue weighted by Gasteiger charge is 2.25. The van der Waals surface area contributed by atoms with Gasteiger partial charge in [-0.15, -0.1) is 0 Å². The van der Waals surface area contributed by atoms with Crippen molar-refractivity contribution in [1.82, 2.24) is 10.6 Å². The third kappa shape index (κ3) is 0.641. The van der Waals surface area contributed by atoms with Gasteiger partial charge in [0, 0.05) is 6.54 Å². The summed E-state index contributed by atoms with van der Waals surface area (Å²) in [7, 11) is 0. The summed E-state index contributed by atoms with van der Waals surface area (Å²) in [6.45, 7) is 0.567. The predicted molar refractivity (Wildman–Crippen MR) is 26.0 cm³/mol. The van der Waals surface area contributed by atoms with E-state index in [0.717, 1.165) is 0 Å². The van der Waals surface area contributed by atoms with Crippen LogP contribution in [0.5, 0.6) is 0 Å². The summed E-state index contributed by atoms with van der Waals surface area (Å²) in [5.41, 5.74) is 0. The zero-order valence-corrected chi connectivity index (χ0v) is 4.18. The van der Waals surface area contributed by atoms with Crippen molar-refractivity contribution in [2.24, 2.45) is 0 Å². The van der Waals surface area contributed by atoms with Gasteiger partial charge >= 0.3 is 0 Å². The second kappa shape index (κ2) is 1.81. The first kappa shape index (κ1) is 5.08. The summed E-state index contributed by atoms with van der Waals surface area (Å²) in [6, 6.07) is -0.271. The van der Waals surface area contributed by atoms with Crippen LogP contribution in [0.1, 0.15) is 0 Å². The van der Waals surface area contributed by atoms with Crippen LogP contribution in [0.25, 0.3) is 0 Å². The summed E-state index contributed by atoms with van der Waals surface area (Å²) >= 11 is 0. The van der Waals surface area contributed by atoms with E-state index in [1.54, 1.807) is 0 Å². The third-order valence-electron chi connectivity index (χ3n) is 1.07.